The van der Waals surface area contributed by atoms with Crippen molar-refractivity contribution in [2.45, 2.75) is 13.3 Å². The highest BCUT2D eigenvalue weighted by Crippen LogP contribution is 2.12. The molecule has 2 aromatic carbocycles. The van der Waals surface area contributed by atoms with Gasteiger partial charge in [0.2, 0.25) is 10.0 Å². The standard InChI is InChI=1S/C17H21N3O4S/c1-13-3-7-16(8-4-13)20-25(22,23)12-2-11-24-17(21)19-15-9-5-14(18)6-10-15/h3-10,20H,2,11-12,18H2,1H3,(H,19,21). The fourth-order valence-electron chi connectivity index (χ4n) is 1.99. The van der Waals surface area contributed by atoms with E-state index in [1.54, 1.807) is 36.4 Å². The second-order valence-electron chi connectivity index (χ2n) is 5.52. The first kappa shape index (κ1) is 18.6. The maximum atomic E-state index is 12.0. The molecular weight excluding hydrogens is 342 g/mol. The summed E-state index contributed by atoms with van der Waals surface area (Å²) in [7, 11) is -3.48. The molecule has 0 saturated heterocycles. The lowest BCUT2D eigenvalue weighted by Crippen LogP contribution is -2.20. The average Bonchev–Trinajstić information content (AvgIpc) is 2.56. The van der Waals surface area contributed by atoms with Gasteiger partial charge in [-0.15, -0.1) is 0 Å². The summed E-state index contributed by atoms with van der Waals surface area (Å²) in [6.45, 7) is 1.92. The molecule has 8 heteroatoms. The Balaban J connectivity index is 1.71. The molecule has 25 heavy (non-hydrogen) atoms. The van der Waals surface area contributed by atoms with Gasteiger partial charge in [-0.05, 0) is 49.7 Å². The lowest BCUT2D eigenvalue weighted by Gasteiger charge is -2.09. The number of carbonyl (C=O) groups is 1. The van der Waals surface area contributed by atoms with E-state index < -0.39 is 16.1 Å². The van der Waals surface area contributed by atoms with Crippen molar-refractivity contribution in [3.8, 4) is 0 Å². The van der Waals surface area contributed by atoms with Gasteiger partial charge in [-0.2, -0.15) is 0 Å². The molecule has 2 rings (SSSR count). The van der Waals surface area contributed by atoms with E-state index in [1.807, 2.05) is 19.1 Å². The van der Waals surface area contributed by atoms with Gasteiger partial charge < -0.3 is 10.5 Å². The second kappa shape index (κ2) is 8.39. The van der Waals surface area contributed by atoms with Crippen LogP contribution in [0.1, 0.15) is 12.0 Å². The van der Waals surface area contributed by atoms with Gasteiger partial charge in [-0.25, -0.2) is 13.2 Å². The number of hydrogen-bond acceptors (Lipinski definition) is 5. The predicted molar refractivity (Wildman–Crippen MR) is 99.0 cm³/mol. The Hall–Kier alpha value is -2.74. The molecule has 2 aromatic rings. The third-order valence-electron chi connectivity index (χ3n) is 3.27. The largest absolute Gasteiger partial charge is 0.449 e. The molecule has 4 N–H and O–H groups in total. The summed E-state index contributed by atoms with van der Waals surface area (Å²) in [5.74, 6) is -0.143. The number of nitrogens with one attached hydrogen (secondary N) is 2. The lowest BCUT2D eigenvalue weighted by atomic mass is 10.2. The minimum Gasteiger partial charge on any atom is -0.449 e. The lowest BCUT2D eigenvalue weighted by molar-refractivity contribution is 0.162. The molecule has 0 heterocycles. The van der Waals surface area contributed by atoms with Gasteiger partial charge in [0, 0.05) is 17.1 Å². The molecule has 0 aromatic heterocycles. The topological polar surface area (TPSA) is 111 Å². The molecule has 0 saturated carbocycles. The number of ether oxygens (including phenoxy) is 1. The van der Waals surface area contributed by atoms with E-state index in [0.717, 1.165) is 5.56 Å². The summed E-state index contributed by atoms with van der Waals surface area (Å²) in [4.78, 5) is 11.6. The number of sulfonamides is 1. The molecule has 0 aliphatic heterocycles. The Labute approximate surface area is 147 Å². The number of aryl methyl sites for hydroxylation is 1. The zero-order valence-electron chi connectivity index (χ0n) is 13.9. The average molecular weight is 363 g/mol. The van der Waals surface area contributed by atoms with Gasteiger partial charge in [-0.1, -0.05) is 17.7 Å². The molecule has 0 fully saturated rings. The molecule has 0 aliphatic rings. The van der Waals surface area contributed by atoms with Crippen LogP contribution in [0.15, 0.2) is 48.5 Å². The van der Waals surface area contributed by atoms with Crippen molar-refractivity contribution in [3.05, 3.63) is 54.1 Å². The van der Waals surface area contributed by atoms with Crippen LogP contribution in [0.4, 0.5) is 21.9 Å². The van der Waals surface area contributed by atoms with Crippen LogP contribution in [0.5, 0.6) is 0 Å². The van der Waals surface area contributed by atoms with Gasteiger partial charge in [0.1, 0.15) is 0 Å². The monoisotopic (exact) mass is 363 g/mol. The van der Waals surface area contributed by atoms with Crippen LogP contribution in [0.2, 0.25) is 0 Å². The van der Waals surface area contributed by atoms with Crippen LogP contribution in [-0.2, 0) is 14.8 Å². The first-order valence-corrected chi connectivity index (χ1v) is 9.36. The Morgan fingerprint density at radius 2 is 1.64 bits per heavy atom. The minimum absolute atomic E-state index is 0.00435. The summed E-state index contributed by atoms with van der Waals surface area (Å²) in [6, 6.07) is 13.6. The summed E-state index contributed by atoms with van der Waals surface area (Å²) in [5.41, 5.74) is 8.24. The van der Waals surface area contributed by atoms with Crippen molar-refractivity contribution >= 4 is 33.2 Å². The van der Waals surface area contributed by atoms with Gasteiger partial charge in [0.15, 0.2) is 0 Å². The van der Waals surface area contributed by atoms with Gasteiger partial charge in [0.05, 0.1) is 12.4 Å². The molecule has 134 valence electrons. The quantitative estimate of drug-likeness (QED) is 0.517. The maximum absolute atomic E-state index is 12.0. The molecule has 0 radical (unpaired) electrons. The van der Waals surface area contributed by atoms with E-state index in [1.165, 1.54) is 0 Å². The van der Waals surface area contributed by atoms with E-state index in [0.29, 0.717) is 17.1 Å². The maximum Gasteiger partial charge on any atom is 0.411 e. The van der Waals surface area contributed by atoms with Crippen molar-refractivity contribution in [2.24, 2.45) is 0 Å². The number of carbonyl (C=O) groups excluding carboxylic acids is 1. The van der Waals surface area contributed by atoms with Crippen LogP contribution in [0.25, 0.3) is 0 Å². The van der Waals surface area contributed by atoms with Crippen LogP contribution >= 0.6 is 0 Å². The van der Waals surface area contributed by atoms with Crippen molar-refractivity contribution in [1.82, 2.24) is 0 Å². The number of nitrogens with two attached hydrogens (primary N) is 1. The first-order chi connectivity index (χ1) is 11.8. The van der Waals surface area contributed by atoms with Gasteiger partial charge >= 0.3 is 6.09 Å². The number of anilines is 3. The second-order valence-corrected chi connectivity index (χ2v) is 7.37. The molecule has 0 spiro atoms. The Bertz CT molecular complexity index is 803. The van der Waals surface area contributed by atoms with Crippen LogP contribution in [-0.4, -0.2) is 26.9 Å². The SMILES string of the molecule is Cc1ccc(NS(=O)(=O)CCCOC(=O)Nc2ccc(N)cc2)cc1. The highest BCUT2D eigenvalue weighted by Gasteiger charge is 2.11. The Kier molecular flexibility index (Phi) is 6.24. The summed E-state index contributed by atoms with van der Waals surface area (Å²) >= 11 is 0. The molecule has 7 nitrogen and oxygen atoms in total. The molecule has 0 bridgehead atoms. The number of amides is 1. The fraction of sp³-hybridized carbons (Fsp3) is 0.235. The predicted octanol–water partition coefficient (Wildman–Crippen LogP) is 2.96. The molecular formula is C17H21N3O4S. The van der Waals surface area contributed by atoms with E-state index in [2.05, 4.69) is 10.0 Å². The van der Waals surface area contributed by atoms with Crippen LogP contribution in [0.3, 0.4) is 0 Å². The van der Waals surface area contributed by atoms with Gasteiger partial charge in [0.25, 0.3) is 0 Å². The molecule has 0 unspecified atom stereocenters. The Morgan fingerprint density at radius 3 is 2.28 bits per heavy atom. The third kappa shape index (κ3) is 6.72. The smallest absolute Gasteiger partial charge is 0.411 e. The van der Waals surface area contributed by atoms with E-state index in [4.69, 9.17) is 10.5 Å². The third-order valence-corrected chi connectivity index (χ3v) is 4.65. The molecule has 1 amide bonds. The molecule has 0 atom stereocenters. The first-order valence-electron chi connectivity index (χ1n) is 7.70. The van der Waals surface area contributed by atoms with Crippen molar-refractivity contribution in [2.75, 3.05) is 28.1 Å². The zero-order valence-corrected chi connectivity index (χ0v) is 14.7. The number of benzene rings is 2. The number of nitrogen functional groups attached to an aromatic ring is 1. The normalized spacial score (nSPS) is 10.9. The highest BCUT2D eigenvalue weighted by atomic mass is 32.2. The number of rotatable bonds is 7. The van der Waals surface area contributed by atoms with Crippen LogP contribution in [0, 0.1) is 6.92 Å². The molecule has 0 aliphatic carbocycles. The van der Waals surface area contributed by atoms with E-state index >= 15 is 0 Å². The minimum atomic E-state index is -3.48. The van der Waals surface area contributed by atoms with E-state index in [-0.39, 0.29) is 18.8 Å². The van der Waals surface area contributed by atoms with Crippen molar-refractivity contribution in [1.29, 1.82) is 0 Å². The summed E-state index contributed by atoms with van der Waals surface area (Å²) in [5, 5.41) is 2.53. The van der Waals surface area contributed by atoms with Crippen molar-refractivity contribution in [3.63, 3.8) is 0 Å². The van der Waals surface area contributed by atoms with Crippen molar-refractivity contribution < 1.29 is 17.9 Å². The van der Waals surface area contributed by atoms with Gasteiger partial charge in [-0.3, -0.25) is 10.0 Å². The van der Waals surface area contributed by atoms with E-state index in [9.17, 15) is 13.2 Å². The Morgan fingerprint density at radius 1 is 1.04 bits per heavy atom. The van der Waals surface area contributed by atoms with Crippen LogP contribution < -0.4 is 15.8 Å². The summed E-state index contributed by atoms with van der Waals surface area (Å²) in [6.07, 6.45) is -0.454. The zero-order chi connectivity index (χ0) is 18.3. The summed E-state index contributed by atoms with van der Waals surface area (Å²) < 4.78 is 31.4. The number of hydrogen-bond donors (Lipinski definition) is 3. The fourth-order valence-corrected chi connectivity index (χ4v) is 3.08. The highest BCUT2D eigenvalue weighted by molar-refractivity contribution is 7.92.